The molecule has 0 saturated heterocycles. The van der Waals surface area contributed by atoms with E-state index in [9.17, 15) is 0 Å². The van der Waals surface area contributed by atoms with E-state index in [4.69, 9.17) is 10.5 Å². The van der Waals surface area contributed by atoms with E-state index in [1.54, 1.807) is 0 Å². The summed E-state index contributed by atoms with van der Waals surface area (Å²) < 4.78 is 7.75. The SMILES string of the molecule is CC[C@H](N)c1ccc(Oc2ccc(Br)cc2Br)cc1. The molecule has 100 valence electrons. The molecule has 0 aliphatic carbocycles. The number of rotatable bonds is 4. The van der Waals surface area contributed by atoms with Crippen LogP contribution >= 0.6 is 31.9 Å². The monoisotopic (exact) mass is 383 g/mol. The number of hydrogen-bond donors (Lipinski definition) is 1. The highest BCUT2D eigenvalue weighted by molar-refractivity contribution is 9.11. The van der Waals surface area contributed by atoms with Gasteiger partial charge in [0.15, 0.2) is 0 Å². The molecule has 0 heterocycles. The maximum atomic E-state index is 5.98. The van der Waals surface area contributed by atoms with E-state index >= 15 is 0 Å². The van der Waals surface area contributed by atoms with Crippen LogP contribution in [0.15, 0.2) is 51.4 Å². The molecule has 19 heavy (non-hydrogen) atoms. The van der Waals surface area contributed by atoms with Gasteiger partial charge in [-0.3, -0.25) is 0 Å². The van der Waals surface area contributed by atoms with Gasteiger partial charge in [0.2, 0.25) is 0 Å². The van der Waals surface area contributed by atoms with E-state index in [0.717, 1.165) is 32.4 Å². The minimum Gasteiger partial charge on any atom is -0.456 e. The molecule has 0 amide bonds. The predicted molar refractivity (Wildman–Crippen MR) is 85.6 cm³/mol. The van der Waals surface area contributed by atoms with Gasteiger partial charge in [-0.15, -0.1) is 0 Å². The van der Waals surface area contributed by atoms with E-state index in [1.807, 2.05) is 42.5 Å². The Morgan fingerprint density at radius 2 is 1.79 bits per heavy atom. The van der Waals surface area contributed by atoms with E-state index < -0.39 is 0 Å². The minimum absolute atomic E-state index is 0.0912. The number of halogens is 2. The van der Waals surface area contributed by atoms with Crippen LogP contribution in [0, 0.1) is 0 Å². The lowest BCUT2D eigenvalue weighted by atomic mass is 10.1. The molecule has 0 fully saturated rings. The first-order chi connectivity index (χ1) is 9.10. The first kappa shape index (κ1) is 14.6. The molecule has 0 bridgehead atoms. The van der Waals surface area contributed by atoms with Crippen molar-refractivity contribution in [3.63, 3.8) is 0 Å². The van der Waals surface area contributed by atoms with Gasteiger partial charge in [-0.2, -0.15) is 0 Å². The summed E-state index contributed by atoms with van der Waals surface area (Å²) >= 11 is 6.89. The summed E-state index contributed by atoms with van der Waals surface area (Å²) in [5, 5.41) is 0. The Balaban J connectivity index is 2.15. The quantitative estimate of drug-likeness (QED) is 0.764. The van der Waals surface area contributed by atoms with E-state index in [2.05, 4.69) is 38.8 Å². The molecule has 2 N–H and O–H groups in total. The molecule has 0 aromatic heterocycles. The number of hydrogen-bond acceptors (Lipinski definition) is 2. The largest absolute Gasteiger partial charge is 0.456 e. The summed E-state index contributed by atoms with van der Waals surface area (Å²) in [5.41, 5.74) is 7.11. The predicted octanol–water partition coefficient (Wildman–Crippen LogP) is 5.41. The lowest BCUT2D eigenvalue weighted by Crippen LogP contribution is -2.07. The molecule has 0 saturated carbocycles. The van der Waals surface area contributed by atoms with Crippen LogP contribution in [0.2, 0.25) is 0 Å². The van der Waals surface area contributed by atoms with Crippen LogP contribution in [0.25, 0.3) is 0 Å². The van der Waals surface area contributed by atoms with Gasteiger partial charge in [0.1, 0.15) is 11.5 Å². The van der Waals surface area contributed by atoms with Crippen molar-refractivity contribution in [2.75, 3.05) is 0 Å². The zero-order valence-electron chi connectivity index (χ0n) is 10.6. The van der Waals surface area contributed by atoms with E-state index in [1.165, 1.54) is 0 Å². The Hall–Kier alpha value is -0.840. The third kappa shape index (κ3) is 3.81. The third-order valence-electron chi connectivity index (χ3n) is 2.87. The lowest BCUT2D eigenvalue weighted by Gasteiger charge is -2.11. The van der Waals surface area contributed by atoms with Crippen molar-refractivity contribution >= 4 is 31.9 Å². The molecule has 0 aliphatic heterocycles. The molecule has 4 heteroatoms. The van der Waals surface area contributed by atoms with Crippen molar-refractivity contribution in [3.8, 4) is 11.5 Å². The summed E-state index contributed by atoms with van der Waals surface area (Å²) in [6.07, 6.45) is 0.929. The highest BCUT2D eigenvalue weighted by Gasteiger charge is 2.06. The molecule has 0 radical (unpaired) electrons. The van der Waals surface area contributed by atoms with Crippen LogP contribution in [0.4, 0.5) is 0 Å². The van der Waals surface area contributed by atoms with Crippen molar-refractivity contribution in [1.29, 1.82) is 0 Å². The van der Waals surface area contributed by atoms with Gasteiger partial charge in [0.25, 0.3) is 0 Å². The maximum absolute atomic E-state index is 5.98. The highest BCUT2D eigenvalue weighted by Crippen LogP contribution is 2.32. The van der Waals surface area contributed by atoms with Crippen LogP contribution in [-0.4, -0.2) is 0 Å². The Morgan fingerprint density at radius 1 is 1.11 bits per heavy atom. The molecule has 2 aromatic rings. The van der Waals surface area contributed by atoms with Crippen LogP contribution in [0.3, 0.4) is 0 Å². The second kappa shape index (κ2) is 6.55. The van der Waals surface area contributed by atoms with Gasteiger partial charge in [0.05, 0.1) is 4.47 Å². The zero-order chi connectivity index (χ0) is 13.8. The first-order valence-electron chi connectivity index (χ1n) is 6.08. The summed E-state index contributed by atoms with van der Waals surface area (Å²) in [4.78, 5) is 0. The van der Waals surface area contributed by atoms with E-state index in [0.29, 0.717) is 0 Å². The molecule has 0 unspecified atom stereocenters. The van der Waals surface area contributed by atoms with Crippen LogP contribution in [0.5, 0.6) is 11.5 Å². The summed E-state index contributed by atoms with van der Waals surface area (Å²) in [7, 11) is 0. The van der Waals surface area contributed by atoms with Gasteiger partial charge < -0.3 is 10.5 Å². The van der Waals surface area contributed by atoms with Gasteiger partial charge in [-0.25, -0.2) is 0 Å². The Labute approximate surface area is 130 Å². The molecule has 2 nitrogen and oxygen atoms in total. The average molecular weight is 385 g/mol. The molecular weight excluding hydrogens is 370 g/mol. The Bertz CT molecular complexity index is 555. The summed E-state index contributed by atoms with van der Waals surface area (Å²) in [6, 6.07) is 13.8. The van der Waals surface area contributed by atoms with Crippen LogP contribution < -0.4 is 10.5 Å². The molecule has 2 aromatic carbocycles. The van der Waals surface area contributed by atoms with Crippen molar-refractivity contribution in [1.82, 2.24) is 0 Å². The Morgan fingerprint density at radius 3 is 2.37 bits per heavy atom. The molecule has 2 rings (SSSR count). The van der Waals surface area contributed by atoms with E-state index in [-0.39, 0.29) is 6.04 Å². The normalized spacial score (nSPS) is 12.2. The zero-order valence-corrected chi connectivity index (χ0v) is 13.7. The van der Waals surface area contributed by atoms with Gasteiger partial charge >= 0.3 is 0 Å². The van der Waals surface area contributed by atoms with Gasteiger partial charge in [-0.1, -0.05) is 35.0 Å². The topological polar surface area (TPSA) is 35.2 Å². The standard InChI is InChI=1S/C15H15Br2NO/c1-2-14(18)10-3-6-12(7-4-10)19-15-8-5-11(16)9-13(15)17/h3-9,14H,2,18H2,1H3/t14-/m0/s1. The summed E-state index contributed by atoms with van der Waals surface area (Å²) in [5.74, 6) is 1.59. The van der Waals surface area contributed by atoms with Gasteiger partial charge in [-0.05, 0) is 58.2 Å². The third-order valence-corrected chi connectivity index (χ3v) is 3.98. The molecular formula is C15H15Br2NO. The average Bonchev–Trinajstić information content (AvgIpc) is 2.42. The Kier molecular flexibility index (Phi) is 5.02. The molecule has 0 spiro atoms. The lowest BCUT2D eigenvalue weighted by molar-refractivity contribution is 0.479. The van der Waals surface area contributed by atoms with Crippen molar-refractivity contribution < 1.29 is 4.74 Å². The number of ether oxygens (including phenoxy) is 1. The minimum atomic E-state index is 0.0912. The second-order valence-corrected chi connectivity index (χ2v) is 6.03. The molecule has 1 atom stereocenters. The summed E-state index contributed by atoms with van der Waals surface area (Å²) in [6.45, 7) is 2.08. The van der Waals surface area contributed by atoms with Crippen molar-refractivity contribution in [2.45, 2.75) is 19.4 Å². The van der Waals surface area contributed by atoms with Crippen LogP contribution in [0.1, 0.15) is 24.9 Å². The fraction of sp³-hybridized carbons (Fsp3) is 0.200. The maximum Gasteiger partial charge on any atom is 0.141 e. The highest BCUT2D eigenvalue weighted by atomic mass is 79.9. The van der Waals surface area contributed by atoms with Crippen LogP contribution in [-0.2, 0) is 0 Å². The number of benzene rings is 2. The fourth-order valence-electron chi connectivity index (χ4n) is 1.70. The number of nitrogens with two attached hydrogens (primary N) is 1. The second-order valence-electron chi connectivity index (χ2n) is 4.26. The fourth-order valence-corrected chi connectivity index (χ4v) is 2.83. The first-order valence-corrected chi connectivity index (χ1v) is 7.67. The molecule has 0 aliphatic rings. The smallest absolute Gasteiger partial charge is 0.141 e. The van der Waals surface area contributed by atoms with Gasteiger partial charge in [0, 0.05) is 10.5 Å². The van der Waals surface area contributed by atoms with Crippen molar-refractivity contribution in [2.24, 2.45) is 5.73 Å². The van der Waals surface area contributed by atoms with Crippen molar-refractivity contribution in [3.05, 3.63) is 57.0 Å².